The maximum absolute atomic E-state index is 5.62. The van der Waals surface area contributed by atoms with Gasteiger partial charge in [0.25, 0.3) is 0 Å². The molecule has 104 valence electrons. The molecule has 2 aromatic carbocycles. The van der Waals surface area contributed by atoms with E-state index in [1.807, 2.05) is 36.4 Å². The van der Waals surface area contributed by atoms with Crippen LogP contribution in [-0.2, 0) is 6.54 Å². The first kappa shape index (κ1) is 13.3. The minimum Gasteiger partial charge on any atom is -0.438 e. The summed E-state index contributed by atoms with van der Waals surface area (Å²) in [5.41, 5.74) is 9.01. The molecule has 0 aliphatic rings. The predicted molar refractivity (Wildman–Crippen MR) is 81.9 cm³/mol. The van der Waals surface area contributed by atoms with E-state index in [1.54, 1.807) is 18.3 Å². The molecule has 4 heteroatoms. The van der Waals surface area contributed by atoms with Gasteiger partial charge in [-0.2, -0.15) is 5.10 Å². The molecule has 0 amide bonds. The van der Waals surface area contributed by atoms with Crippen LogP contribution in [0.3, 0.4) is 0 Å². The molecular formula is C17H15N3O. The third kappa shape index (κ3) is 3.24. The Kier molecular flexibility index (Phi) is 3.89. The van der Waals surface area contributed by atoms with Gasteiger partial charge in [-0.3, -0.25) is 0 Å². The van der Waals surface area contributed by atoms with Crippen molar-refractivity contribution in [1.29, 1.82) is 0 Å². The van der Waals surface area contributed by atoms with Gasteiger partial charge in [0.2, 0.25) is 5.88 Å². The summed E-state index contributed by atoms with van der Waals surface area (Å²) in [5.74, 6) is 1.22. The molecule has 0 aliphatic heterocycles. The summed E-state index contributed by atoms with van der Waals surface area (Å²) in [4.78, 5) is 0. The van der Waals surface area contributed by atoms with Crippen molar-refractivity contribution in [1.82, 2.24) is 10.2 Å². The second-order valence-corrected chi connectivity index (χ2v) is 4.59. The number of nitrogens with zero attached hydrogens (tertiary/aromatic N) is 2. The number of hydrogen-bond donors (Lipinski definition) is 1. The lowest BCUT2D eigenvalue weighted by Gasteiger charge is -2.06. The predicted octanol–water partition coefficient (Wildman–Crippen LogP) is 3.39. The zero-order valence-corrected chi connectivity index (χ0v) is 11.4. The molecule has 0 atom stereocenters. The number of benzene rings is 2. The van der Waals surface area contributed by atoms with Gasteiger partial charge in [0.1, 0.15) is 5.75 Å². The Morgan fingerprint density at radius 2 is 1.52 bits per heavy atom. The van der Waals surface area contributed by atoms with Crippen LogP contribution in [0.15, 0.2) is 66.9 Å². The lowest BCUT2D eigenvalue weighted by molar-refractivity contribution is 0.455. The minimum atomic E-state index is 0.484. The molecular weight excluding hydrogens is 262 g/mol. The zero-order valence-electron chi connectivity index (χ0n) is 11.4. The van der Waals surface area contributed by atoms with Crippen molar-refractivity contribution >= 4 is 0 Å². The van der Waals surface area contributed by atoms with E-state index >= 15 is 0 Å². The van der Waals surface area contributed by atoms with Crippen molar-refractivity contribution in [3.8, 4) is 22.8 Å². The lowest BCUT2D eigenvalue weighted by atomic mass is 10.0. The van der Waals surface area contributed by atoms with Gasteiger partial charge >= 0.3 is 0 Å². The summed E-state index contributed by atoms with van der Waals surface area (Å²) in [6.07, 6.45) is 1.61. The van der Waals surface area contributed by atoms with Crippen molar-refractivity contribution in [3.05, 3.63) is 72.4 Å². The molecule has 0 aliphatic carbocycles. The monoisotopic (exact) mass is 277 g/mol. The molecule has 0 radical (unpaired) electrons. The third-order valence-corrected chi connectivity index (χ3v) is 3.15. The highest BCUT2D eigenvalue weighted by molar-refractivity contribution is 5.64. The Morgan fingerprint density at radius 1 is 0.857 bits per heavy atom. The molecule has 4 nitrogen and oxygen atoms in total. The molecule has 0 fully saturated rings. The van der Waals surface area contributed by atoms with Gasteiger partial charge in [0.05, 0.1) is 0 Å². The van der Waals surface area contributed by atoms with E-state index in [-0.39, 0.29) is 0 Å². The molecule has 21 heavy (non-hydrogen) atoms. The molecule has 1 heterocycles. The van der Waals surface area contributed by atoms with Gasteiger partial charge in [-0.15, -0.1) is 5.10 Å². The Morgan fingerprint density at radius 3 is 2.10 bits per heavy atom. The van der Waals surface area contributed by atoms with Crippen molar-refractivity contribution in [2.45, 2.75) is 6.54 Å². The van der Waals surface area contributed by atoms with Crippen molar-refractivity contribution < 1.29 is 4.74 Å². The summed E-state index contributed by atoms with van der Waals surface area (Å²) in [5, 5.41) is 7.67. The Bertz CT molecular complexity index is 694. The Balaban J connectivity index is 1.77. The van der Waals surface area contributed by atoms with Crippen molar-refractivity contribution in [2.24, 2.45) is 5.73 Å². The average molecular weight is 277 g/mol. The summed E-state index contributed by atoms with van der Waals surface area (Å²) < 4.78 is 5.62. The van der Waals surface area contributed by atoms with Crippen LogP contribution in [0.25, 0.3) is 11.1 Å². The fourth-order valence-corrected chi connectivity index (χ4v) is 2.01. The van der Waals surface area contributed by atoms with E-state index in [2.05, 4.69) is 22.3 Å². The maximum atomic E-state index is 5.62. The van der Waals surface area contributed by atoms with Crippen LogP contribution >= 0.6 is 0 Å². The number of ether oxygens (including phenoxy) is 1. The fourth-order valence-electron chi connectivity index (χ4n) is 2.01. The second kappa shape index (κ2) is 6.15. The first-order chi connectivity index (χ1) is 10.3. The molecule has 2 N–H and O–H groups in total. The van der Waals surface area contributed by atoms with Gasteiger partial charge in [0, 0.05) is 18.8 Å². The molecule has 3 rings (SSSR count). The van der Waals surface area contributed by atoms with E-state index in [0.29, 0.717) is 12.4 Å². The van der Waals surface area contributed by atoms with Crippen LogP contribution < -0.4 is 10.5 Å². The van der Waals surface area contributed by atoms with Crippen LogP contribution in [0.1, 0.15) is 5.56 Å². The minimum absolute atomic E-state index is 0.484. The van der Waals surface area contributed by atoms with Crippen molar-refractivity contribution in [3.63, 3.8) is 0 Å². The quantitative estimate of drug-likeness (QED) is 0.794. The van der Waals surface area contributed by atoms with E-state index in [0.717, 1.165) is 22.4 Å². The summed E-state index contributed by atoms with van der Waals surface area (Å²) in [7, 11) is 0. The first-order valence-electron chi connectivity index (χ1n) is 6.70. The molecule has 0 spiro atoms. The maximum Gasteiger partial charge on any atom is 0.238 e. The summed E-state index contributed by atoms with van der Waals surface area (Å²) in [6.45, 7) is 0.561. The van der Waals surface area contributed by atoms with E-state index in [9.17, 15) is 0 Å². The normalized spacial score (nSPS) is 10.3. The Hall–Kier alpha value is -2.72. The van der Waals surface area contributed by atoms with Crippen LogP contribution in [0.5, 0.6) is 11.6 Å². The van der Waals surface area contributed by atoms with Gasteiger partial charge in [0.15, 0.2) is 0 Å². The van der Waals surface area contributed by atoms with Crippen LogP contribution in [0, 0.1) is 0 Å². The van der Waals surface area contributed by atoms with Crippen LogP contribution in [0.4, 0.5) is 0 Å². The first-order valence-corrected chi connectivity index (χ1v) is 6.70. The highest BCUT2D eigenvalue weighted by atomic mass is 16.5. The third-order valence-electron chi connectivity index (χ3n) is 3.15. The highest BCUT2D eigenvalue weighted by Gasteiger charge is 2.01. The molecule has 0 unspecified atom stereocenters. The largest absolute Gasteiger partial charge is 0.438 e. The highest BCUT2D eigenvalue weighted by Crippen LogP contribution is 2.24. The standard InChI is InChI=1S/C17H15N3O/c18-12-13-3-5-14(6-4-13)15-7-9-16(10-8-15)21-17-2-1-11-19-20-17/h1-11H,12,18H2. The van der Waals surface area contributed by atoms with Gasteiger partial charge in [-0.1, -0.05) is 36.4 Å². The SMILES string of the molecule is NCc1ccc(-c2ccc(Oc3cccnn3)cc2)cc1. The van der Waals surface area contributed by atoms with E-state index < -0.39 is 0 Å². The number of rotatable bonds is 4. The second-order valence-electron chi connectivity index (χ2n) is 4.59. The van der Waals surface area contributed by atoms with E-state index in [1.165, 1.54) is 0 Å². The molecule has 3 aromatic rings. The number of aromatic nitrogens is 2. The Labute approximate surface area is 123 Å². The number of nitrogens with two attached hydrogens (primary N) is 1. The topological polar surface area (TPSA) is 61.0 Å². The summed E-state index contributed by atoms with van der Waals surface area (Å²) in [6, 6.07) is 19.6. The number of hydrogen-bond acceptors (Lipinski definition) is 4. The van der Waals surface area contributed by atoms with Gasteiger partial charge in [-0.25, -0.2) is 0 Å². The smallest absolute Gasteiger partial charge is 0.238 e. The molecule has 1 aromatic heterocycles. The van der Waals surface area contributed by atoms with Gasteiger partial charge < -0.3 is 10.5 Å². The van der Waals surface area contributed by atoms with Crippen molar-refractivity contribution in [2.75, 3.05) is 0 Å². The molecule has 0 saturated carbocycles. The van der Waals surface area contributed by atoms with E-state index in [4.69, 9.17) is 10.5 Å². The molecule has 0 bridgehead atoms. The fraction of sp³-hybridized carbons (Fsp3) is 0.0588. The van der Waals surface area contributed by atoms with Crippen LogP contribution in [0.2, 0.25) is 0 Å². The average Bonchev–Trinajstić information content (AvgIpc) is 2.57. The van der Waals surface area contributed by atoms with Crippen LogP contribution in [-0.4, -0.2) is 10.2 Å². The zero-order chi connectivity index (χ0) is 14.5. The lowest BCUT2D eigenvalue weighted by Crippen LogP contribution is -1.95. The summed E-state index contributed by atoms with van der Waals surface area (Å²) >= 11 is 0. The van der Waals surface area contributed by atoms with Gasteiger partial charge in [-0.05, 0) is 34.9 Å². The molecule has 0 saturated heterocycles.